The molecule has 2 aromatic rings. The van der Waals surface area contributed by atoms with E-state index in [9.17, 15) is 0 Å². The molecule has 1 aromatic carbocycles. The third-order valence-corrected chi connectivity index (χ3v) is 3.11. The molecule has 0 aliphatic heterocycles. The van der Waals surface area contributed by atoms with Gasteiger partial charge in [0.2, 0.25) is 0 Å². The molecule has 19 heavy (non-hydrogen) atoms. The third kappa shape index (κ3) is 2.89. The Morgan fingerprint density at radius 3 is 2.74 bits per heavy atom. The highest BCUT2D eigenvalue weighted by atomic mass is 16.5. The highest BCUT2D eigenvalue weighted by Crippen LogP contribution is 2.36. The number of hydrogen-bond donors (Lipinski definition) is 1. The highest BCUT2D eigenvalue weighted by Gasteiger charge is 2.18. The minimum atomic E-state index is 0.420. The average Bonchev–Trinajstić information content (AvgIpc) is 2.77. The summed E-state index contributed by atoms with van der Waals surface area (Å²) >= 11 is 0. The first-order valence-corrected chi connectivity index (χ1v) is 6.51. The minimum Gasteiger partial charge on any atom is -0.496 e. The first-order valence-electron chi connectivity index (χ1n) is 6.51. The Bertz CT molecular complexity index is 547. The highest BCUT2D eigenvalue weighted by molar-refractivity contribution is 5.79. The normalized spacial score (nSPS) is 10.9. The van der Waals surface area contributed by atoms with Gasteiger partial charge in [0, 0.05) is 12.0 Å². The summed E-state index contributed by atoms with van der Waals surface area (Å²) in [7, 11) is 1.65. The van der Waals surface area contributed by atoms with Crippen LogP contribution in [-0.2, 0) is 6.42 Å². The summed E-state index contributed by atoms with van der Waals surface area (Å²) in [6, 6.07) is 7.77. The van der Waals surface area contributed by atoms with E-state index in [1.165, 1.54) is 0 Å². The molecule has 0 radical (unpaired) electrons. The van der Waals surface area contributed by atoms with Crippen LogP contribution in [-0.4, -0.2) is 12.3 Å². The molecule has 1 heterocycles. The number of nitrogen functional groups attached to an aromatic ring is 1. The van der Waals surface area contributed by atoms with Crippen molar-refractivity contribution in [1.82, 2.24) is 5.16 Å². The molecule has 0 fully saturated rings. The molecule has 0 atom stereocenters. The molecule has 102 valence electrons. The van der Waals surface area contributed by atoms with Crippen molar-refractivity contribution in [2.24, 2.45) is 5.92 Å². The number of aryl methyl sites for hydroxylation is 1. The van der Waals surface area contributed by atoms with Crippen LogP contribution < -0.4 is 10.5 Å². The van der Waals surface area contributed by atoms with E-state index in [0.717, 1.165) is 35.5 Å². The minimum absolute atomic E-state index is 0.420. The lowest BCUT2D eigenvalue weighted by Crippen LogP contribution is -1.96. The van der Waals surface area contributed by atoms with E-state index in [4.69, 9.17) is 15.0 Å². The summed E-state index contributed by atoms with van der Waals surface area (Å²) in [6.45, 7) is 4.37. The van der Waals surface area contributed by atoms with Gasteiger partial charge in [-0.3, -0.25) is 0 Å². The number of para-hydroxylation sites is 1. The van der Waals surface area contributed by atoms with Gasteiger partial charge in [-0.15, -0.1) is 0 Å². The first kappa shape index (κ1) is 13.5. The molecule has 2 rings (SSSR count). The summed E-state index contributed by atoms with van der Waals surface area (Å²) in [5.74, 6) is 2.64. The quantitative estimate of drug-likeness (QED) is 0.893. The standard InChI is InChI=1S/C15H20N2O2/c1-10(2)8-9-13-14(15(16)17-19-13)11-6-4-5-7-12(11)18-3/h4-7,10H,8-9H2,1-3H3,(H2,16,17). The number of hydrogen-bond acceptors (Lipinski definition) is 4. The van der Waals surface area contributed by atoms with E-state index in [-0.39, 0.29) is 0 Å². The van der Waals surface area contributed by atoms with E-state index >= 15 is 0 Å². The summed E-state index contributed by atoms with van der Waals surface area (Å²) in [4.78, 5) is 0. The number of nitrogens with two attached hydrogens (primary N) is 1. The van der Waals surface area contributed by atoms with Gasteiger partial charge in [-0.25, -0.2) is 0 Å². The van der Waals surface area contributed by atoms with Crippen LogP contribution in [0, 0.1) is 5.92 Å². The average molecular weight is 260 g/mol. The van der Waals surface area contributed by atoms with E-state index < -0.39 is 0 Å². The Hall–Kier alpha value is -1.97. The first-order chi connectivity index (χ1) is 9.13. The number of anilines is 1. The molecule has 1 aromatic heterocycles. The molecule has 0 saturated heterocycles. The Morgan fingerprint density at radius 2 is 2.05 bits per heavy atom. The summed E-state index contributed by atoms with van der Waals surface area (Å²) < 4.78 is 10.7. The lowest BCUT2D eigenvalue weighted by Gasteiger charge is -2.09. The molecule has 0 spiro atoms. The van der Waals surface area contributed by atoms with Crippen molar-refractivity contribution in [3.05, 3.63) is 30.0 Å². The van der Waals surface area contributed by atoms with Crippen LogP contribution >= 0.6 is 0 Å². The van der Waals surface area contributed by atoms with Gasteiger partial charge in [-0.05, 0) is 18.4 Å². The zero-order chi connectivity index (χ0) is 13.8. The number of aromatic nitrogens is 1. The molecule has 4 heteroatoms. The fraction of sp³-hybridized carbons (Fsp3) is 0.400. The molecular weight excluding hydrogens is 240 g/mol. The van der Waals surface area contributed by atoms with Gasteiger partial charge >= 0.3 is 0 Å². The maximum absolute atomic E-state index is 5.94. The van der Waals surface area contributed by atoms with E-state index in [1.54, 1.807) is 7.11 Å². The fourth-order valence-electron chi connectivity index (χ4n) is 2.07. The van der Waals surface area contributed by atoms with Crippen LogP contribution in [0.15, 0.2) is 28.8 Å². The van der Waals surface area contributed by atoms with Crippen LogP contribution in [0.3, 0.4) is 0 Å². The Morgan fingerprint density at radius 1 is 1.32 bits per heavy atom. The number of rotatable bonds is 5. The fourth-order valence-corrected chi connectivity index (χ4v) is 2.07. The molecule has 0 unspecified atom stereocenters. The second kappa shape index (κ2) is 5.78. The lowest BCUT2D eigenvalue weighted by molar-refractivity contribution is 0.376. The Balaban J connectivity index is 2.40. The number of benzene rings is 1. The lowest BCUT2D eigenvalue weighted by atomic mass is 10.00. The Labute approximate surface area is 113 Å². The molecule has 2 N–H and O–H groups in total. The van der Waals surface area contributed by atoms with Gasteiger partial charge in [0.15, 0.2) is 5.82 Å². The van der Waals surface area contributed by atoms with Gasteiger partial charge in [0.05, 0.1) is 12.7 Å². The van der Waals surface area contributed by atoms with Gasteiger partial charge in [-0.1, -0.05) is 37.2 Å². The van der Waals surface area contributed by atoms with E-state index in [2.05, 4.69) is 19.0 Å². The van der Waals surface area contributed by atoms with Crippen molar-refractivity contribution in [2.45, 2.75) is 26.7 Å². The molecule has 0 saturated carbocycles. The van der Waals surface area contributed by atoms with Gasteiger partial charge in [-0.2, -0.15) is 0 Å². The summed E-state index contributed by atoms with van der Waals surface area (Å²) in [5, 5.41) is 3.89. The predicted molar refractivity (Wildman–Crippen MR) is 76.1 cm³/mol. The van der Waals surface area contributed by atoms with E-state index in [0.29, 0.717) is 11.7 Å². The zero-order valence-corrected chi connectivity index (χ0v) is 11.6. The van der Waals surface area contributed by atoms with Crippen LogP contribution in [0.4, 0.5) is 5.82 Å². The van der Waals surface area contributed by atoms with Crippen molar-refractivity contribution < 1.29 is 9.26 Å². The Kier molecular flexibility index (Phi) is 4.10. The monoisotopic (exact) mass is 260 g/mol. The van der Waals surface area contributed by atoms with Crippen molar-refractivity contribution in [3.8, 4) is 16.9 Å². The van der Waals surface area contributed by atoms with Crippen LogP contribution in [0.25, 0.3) is 11.1 Å². The smallest absolute Gasteiger partial charge is 0.175 e. The van der Waals surface area contributed by atoms with Crippen LogP contribution in [0.1, 0.15) is 26.0 Å². The van der Waals surface area contributed by atoms with Crippen LogP contribution in [0.2, 0.25) is 0 Å². The summed E-state index contributed by atoms with van der Waals surface area (Å²) in [5.41, 5.74) is 7.74. The second-order valence-electron chi connectivity index (χ2n) is 5.00. The molecule has 0 bridgehead atoms. The number of ether oxygens (including phenoxy) is 1. The predicted octanol–water partition coefficient (Wildman–Crippen LogP) is 3.52. The number of methoxy groups -OCH3 is 1. The maximum Gasteiger partial charge on any atom is 0.175 e. The van der Waals surface area contributed by atoms with Crippen molar-refractivity contribution in [2.75, 3.05) is 12.8 Å². The van der Waals surface area contributed by atoms with Gasteiger partial charge < -0.3 is 15.0 Å². The number of nitrogens with zero attached hydrogens (tertiary/aromatic N) is 1. The van der Waals surface area contributed by atoms with Crippen LogP contribution in [0.5, 0.6) is 5.75 Å². The van der Waals surface area contributed by atoms with Gasteiger partial charge in [0.25, 0.3) is 0 Å². The molecule has 0 amide bonds. The zero-order valence-electron chi connectivity index (χ0n) is 11.6. The third-order valence-electron chi connectivity index (χ3n) is 3.11. The molecule has 4 nitrogen and oxygen atoms in total. The molecule has 0 aliphatic carbocycles. The maximum atomic E-state index is 5.94. The SMILES string of the molecule is COc1ccccc1-c1c(N)noc1CCC(C)C. The topological polar surface area (TPSA) is 61.3 Å². The van der Waals surface area contributed by atoms with Gasteiger partial charge in [0.1, 0.15) is 11.5 Å². The van der Waals surface area contributed by atoms with Crippen molar-refractivity contribution >= 4 is 5.82 Å². The van der Waals surface area contributed by atoms with Crippen molar-refractivity contribution in [3.63, 3.8) is 0 Å². The molecular formula is C15H20N2O2. The molecule has 0 aliphatic rings. The second-order valence-corrected chi connectivity index (χ2v) is 5.00. The van der Waals surface area contributed by atoms with Crippen molar-refractivity contribution in [1.29, 1.82) is 0 Å². The van der Waals surface area contributed by atoms with E-state index in [1.807, 2.05) is 24.3 Å². The summed E-state index contributed by atoms with van der Waals surface area (Å²) in [6.07, 6.45) is 1.87. The largest absolute Gasteiger partial charge is 0.496 e.